The smallest absolute Gasteiger partial charge is 0.341 e. The highest BCUT2D eigenvalue weighted by Gasteiger charge is 2.47. The first kappa shape index (κ1) is 38.8. The average molecular weight is 781 g/mol. The summed E-state index contributed by atoms with van der Waals surface area (Å²) in [5.41, 5.74) is 5.12. The number of carboxylic acid groups (broad SMARTS) is 4. The molecule has 0 saturated carbocycles. The van der Waals surface area contributed by atoms with Gasteiger partial charge in [0.1, 0.15) is 0 Å². The average Bonchev–Trinajstić information content (AvgIpc) is 4.03. The van der Waals surface area contributed by atoms with E-state index >= 15 is 0 Å². The van der Waals surface area contributed by atoms with Gasteiger partial charge in [-0.1, -0.05) is 51.0 Å². The molecule has 14 heteroatoms. The van der Waals surface area contributed by atoms with Crippen molar-refractivity contribution in [2.45, 2.75) is 50.6 Å². The van der Waals surface area contributed by atoms with E-state index in [-0.39, 0.29) is 12.8 Å². The Hall–Kier alpha value is -7.48. The standard InChI is InChI=1S/C44H40N6O8/c1-3-21-43(39(51)52,40(53)54)49-27-9-5-25(6-10-27)37-33-17-13-29(45-33)23-31-15-19-35(47-31)38(36-20-16-32(48-36)24-30-14-18-34(37)46-30)26-7-11-28(12-8-26)50-44(22-4-2,41(55)56)42(57)58/h5-20,23-24,45,48-50H,3-4,21-22H2,1-2H3,(H,51,52)(H,53,54)(H,55,56)(H,57,58). The molecule has 2 aromatic carbocycles. The van der Waals surface area contributed by atoms with E-state index in [0.29, 0.717) is 47.0 Å². The summed E-state index contributed by atoms with van der Waals surface area (Å²) in [6.07, 6.45) is 8.09. The molecule has 0 radical (unpaired) electrons. The first-order valence-corrected chi connectivity index (χ1v) is 18.7. The maximum Gasteiger partial charge on any atom is 0.341 e. The Labute approximate surface area is 331 Å². The van der Waals surface area contributed by atoms with E-state index in [0.717, 1.165) is 44.3 Å². The molecular weight excluding hydrogens is 741 g/mol. The van der Waals surface area contributed by atoms with Crippen LogP contribution in [0.5, 0.6) is 0 Å². The van der Waals surface area contributed by atoms with Crippen molar-refractivity contribution in [2.75, 3.05) is 10.6 Å². The number of aromatic nitrogens is 4. The molecular formula is C44H40N6O8. The number of aromatic amines is 2. The molecule has 0 atom stereocenters. The number of carboxylic acids is 4. The molecule has 5 aromatic rings. The van der Waals surface area contributed by atoms with Crippen LogP contribution in [0.15, 0.2) is 84.9 Å². The number of benzene rings is 2. The molecule has 0 amide bonds. The second-order valence-electron chi connectivity index (χ2n) is 14.1. The monoisotopic (exact) mass is 780 g/mol. The Bertz CT molecular complexity index is 2460. The van der Waals surface area contributed by atoms with Crippen LogP contribution in [0.2, 0.25) is 0 Å². The SMILES string of the molecule is CCCC(Nc1ccc(-c2c3nc(cc4ccc([nH]4)c(-c4ccc(NC(CCC)(C(=O)O)C(=O)O)cc4)c4nc(cc5ccc2[nH]5)C=C4)C=C3)cc1)(C(=O)O)C(=O)O. The van der Waals surface area contributed by atoms with Crippen molar-refractivity contribution >= 4 is 81.6 Å². The molecule has 0 aliphatic carbocycles. The predicted octanol–water partition coefficient (Wildman–Crippen LogP) is 8.23. The van der Waals surface area contributed by atoms with Crippen molar-refractivity contribution < 1.29 is 39.6 Å². The summed E-state index contributed by atoms with van der Waals surface area (Å²) in [6.45, 7) is 3.46. The van der Waals surface area contributed by atoms with Crippen LogP contribution >= 0.6 is 0 Å². The van der Waals surface area contributed by atoms with Crippen molar-refractivity contribution in [1.82, 2.24) is 19.9 Å². The summed E-state index contributed by atoms with van der Waals surface area (Å²) >= 11 is 0. The second kappa shape index (κ2) is 15.6. The highest BCUT2D eigenvalue weighted by molar-refractivity contribution is 6.07. The van der Waals surface area contributed by atoms with E-state index in [2.05, 4.69) is 20.6 Å². The summed E-state index contributed by atoms with van der Waals surface area (Å²) in [5, 5.41) is 45.0. The fourth-order valence-corrected chi connectivity index (χ4v) is 7.31. The van der Waals surface area contributed by atoms with Crippen LogP contribution in [0.25, 0.3) is 68.6 Å². The van der Waals surface area contributed by atoms with E-state index < -0.39 is 35.0 Å². The summed E-state index contributed by atoms with van der Waals surface area (Å²) in [6, 6.07) is 25.3. The van der Waals surface area contributed by atoms with Gasteiger partial charge in [0, 0.05) is 44.6 Å². The van der Waals surface area contributed by atoms with Gasteiger partial charge in [0.25, 0.3) is 0 Å². The number of anilines is 2. The summed E-state index contributed by atoms with van der Waals surface area (Å²) in [4.78, 5) is 65.4. The van der Waals surface area contributed by atoms with Crippen LogP contribution in [0.4, 0.5) is 11.4 Å². The van der Waals surface area contributed by atoms with Gasteiger partial charge in [-0.3, -0.25) is 0 Å². The second-order valence-corrected chi connectivity index (χ2v) is 14.1. The molecule has 0 unspecified atom stereocenters. The lowest BCUT2D eigenvalue weighted by atomic mass is 9.93. The maximum absolute atomic E-state index is 12.1. The molecule has 14 nitrogen and oxygen atoms in total. The van der Waals surface area contributed by atoms with Crippen LogP contribution in [0, 0.1) is 0 Å². The first-order chi connectivity index (χ1) is 27.8. The van der Waals surface area contributed by atoms with Gasteiger partial charge in [0.05, 0.1) is 22.8 Å². The molecule has 8 bridgehead atoms. The van der Waals surface area contributed by atoms with Crippen molar-refractivity contribution in [1.29, 1.82) is 0 Å². The molecule has 2 aliphatic rings. The molecule has 2 aliphatic heterocycles. The van der Waals surface area contributed by atoms with Crippen molar-refractivity contribution in [3.8, 4) is 22.3 Å². The molecule has 58 heavy (non-hydrogen) atoms. The largest absolute Gasteiger partial charge is 0.479 e. The van der Waals surface area contributed by atoms with Gasteiger partial charge < -0.3 is 41.0 Å². The Morgan fingerprint density at radius 3 is 1.22 bits per heavy atom. The minimum Gasteiger partial charge on any atom is -0.479 e. The van der Waals surface area contributed by atoms with Gasteiger partial charge in [-0.2, -0.15) is 0 Å². The zero-order valence-corrected chi connectivity index (χ0v) is 31.5. The number of nitrogens with one attached hydrogen (secondary N) is 4. The van der Waals surface area contributed by atoms with E-state index in [1.54, 1.807) is 62.4 Å². The van der Waals surface area contributed by atoms with E-state index in [1.165, 1.54) is 0 Å². The summed E-state index contributed by atoms with van der Waals surface area (Å²) in [5.74, 6) is -5.87. The molecule has 0 fully saturated rings. The molecule has 5 heterocycles. The molecule has 8 N–H and O–H groups in total. The number of fused-ring (bicyclic) bond motifs is 8. The van der Waals surface area contributed by atoms with Crippen LogP contribution in [-0.4, -0.2) is 75.3 Å². The summed E-state index contributed by atoms with van der Waals surface area (Å²) in [7, 11) is 0. The number of hydrogen-bond donors (Lipinski definition) is 8. The number of nitrogens with zero attached hydrogens (tertiary/aromatic N) is 2. The Balaban J connectivity index is 1.33. The van der Waals surface area contributed by atoms with Crippen LogP contribution in [0.1, 0.15) is 62.3 Å². The van der Waals surface area contributed by atoms with Gasteiger partial charge in [-0.15, -0.1) is 0 Å². The molecule has 0 saturated heterocycles. The number of hydrogen-bond acceptors (Lipinski definition) is 8. The maximum atomic E-state index is 12.1. The van der Waals surface area contributed by atoms with Gasteiger partial charge in [0.15, 0.2) is 0 Å². The van der Waals surface area contributed by atoms with Crippen molar-refractivity contribution in [2.24, 2.45) is 0 Å². The molecule has 0 spiro atoms. The fraction of sp³-hybridized carbons (Fsp3) is 0.182. The minimum atomic E-state index is -2.17. The van der Waals surface area contributed by atoms with E-state index in [1.807, 2.05) is 60.7 Å². The third-order valence-electron chi connectivity index (χ3n) is 10.2. The van der Waals surface area contributed by atoms with E-state index in [9.17, 15) is 39.6 Å². The fourth-order valence-electron chi connectivity index (χ4n) is 7.31. The zero-order chi connectivity index (χ0) is 41.2. The lowest BCUT2D eigenvalue weighted by molar-refractivity contribution is -0.157. The highest BCUT2D eigenvalue weighted by atomic mass is 16.4. The van der Waals surface area contributed by atoms with E-state index in [4.69, 9.17) is 9.97 Å². The Kier molecular flexibility index (Phi) is 10.4. The third kappa shape index (κ3) is 7.30. The van der Waals surface area contributed by atoms with Gasteiger partial charge >= 0.3 is 23.9 Å². The third-order valence-corrected chi connectivity index (χ3v) is 10.2. The predicted molar refractivity (Wildman–Crippen MR) is 223 cm³/mol. The number of aliphatic carboxylic acids is 4. The number of carbonyl (C=O) groups is 4. The lowest BCUT2D eigenvalue weighted by Crippen LogP contribution is -2.53. The topological polar surface area (TPSA) is 231 Å². The van der Waals surface area contributed by atoms with Crippen molar-refractivity contribution in [3.63, 3.8) is 0 Å². The van der Waals surface area contributed by atoms with Gasteiger partial charge in [-0.05, 0) is 109 Å². The first-order valence-electron chi connectivity index (χ1n) is 18.7. The number of rotatable bonds is 14. The normalized spacial score (nSPS) is 12.3. The number of H-pyrrole nitrogens is 2. The zero-order valence-electron chi connectivity index (χ0n) is 31.5. The molecule has 294 valence electrons. The highest BCUT2D eigenvalue weighted by Crippen LogP contribution is 2.34. The van der Waals surface area contributed by atoms with Crippen molar-refractivity contribution in [3.05, 3.63) is 108 Å². The Morgan fingerprint density at radius 2 is 0.897 bits per heavy atom. The minimum absolute atomic E-state index is 0.104. The van der Waals surface area contributed by atoms with Gasteiger partial charge in [-0.25, -0.2) is 29.1 Å². The van der Waals surface area contributed by atoms with Crippen LogP contribution in [0.3, 0.4) is 0 Å². The molecule has 3 aromatic heterocycles. The van der Waals surface area contributed by atoms with Crippen LogP contribution in [-0.2, 0) is 19.2 Å². The Morgan fingerprint density at radius 1 is 0.534 bits per heavy atom. The quantitative estimate of drug-likeness (QED) is 0.0488. The summed E-state index contributed by atoms with van der Waals surface area (Å²) < 4.78 is 0. The van der Waals surface area contributed by atoms with Crippen LogP contribution < -0.4 is 10.6 Å². The lowest BCUT2D eigenvalue weighted by Gasteiger charge is -2.27. The van der Waals surface area contributed by atoms with Gasteiger partial charge in [0.2, 0.25) is 11.1 Å². The molecule has 7 rings (SSSR count).